The number of piperidine rings is 1. The van der Waals surface area contributed by atoms with Crippen molar-refractivity contribution in [2.75, 3.05) is 13.1 Å². The number of urea groups is 1. The summed E-state index contributed by atoms with van der Waals surface area (Å²) < 4.78 is 78.0. The van der Waals surface area contributed by atoms with Gasteiger partial charge < -0.3 is 5.32 Å². The lowest BCUT2D eigenvalue weighted by molar-refractivity contribution is -0.137. The maximum Gasteiger partial charge on any atom is 0.416 e. The number of carbonyl (C=O) groups is 1. The SMILES string of the molecule is O=C(NCc1ccc(F)cc1)NOC1CCN(S(=O)(=O)c2cccc(C(F)(F)F)c2)CC1. The molecule has 1 saturated heterocycles. The minimum Gasteiger partial charge on any atom is -0.332 e. The molecule has 0 unspecified atom stereocenters. The molecular formula is C20H21F4N3O4S. The Kier molecular flexibility index (Phi) is 7.36. The van der Waals surface area contributed by atoms with Crippen molar-refractivity contribution in [2.45, 2.75) is 36.6 Å². The average Bonchev–Trinajstić information content (AvgIpc) is 2.77. The summed E-state index contributed by atoms with van der Waals surface area (Å²) >= 11 is 0. The van der Waals surface area contributed by atoms with Crippen molar-refractivity contribution in [2.24, 2.45) is 0 Å². The van der Waals surface area contributed by atoms with Crippen molar-refractivity contribution >= 4 is 16.1 Å². The van der Waals surface area contributed by atoms with Gasteiger partial charge in [-0.15, -0.1) is 0 Å². The Morgan fingerprint density at radius 3 is 2.38 bits per heavy atom. The van der Waals surface area contributed by atoms with Crippen LogP contribution in [0.4, 0.5) is 22.4 Å². The molecule has 0 saturated carbocycles. The zero-order valence-electron chi connectivity index (χ0n) is 16.7. The Morgan fingerprint density at radius 2 is 1.75 bits per heavy atom. The topological polar surface area (TPSA) is 87.7 Å². The molecule has 0 aliphatic carbocycles. The number of alkyl halides is 3. The maximum atomic E-state index is 12.9. The lowest BCUT2D eigenvalue weighted by Gasteiger charge is -2.30. The van der Waals surface area contributed by atoms with Gasteiger partial charge in [-0.2, -0.15) is 17.5 Å². The molecule has 3 rings (SSSR count). The zero-order valence-corrected chi connectivity index (χ0v) is 17.5. The highest BCUT2D eigenvalue weighted by atomic mass is 32.2. The molecule has 2 aromatic rings. The van der Waals surface area contributed by atoms with Crippen LogP contribution in [0.25, 0.3) is 0 Å². The highest BCUT2D eigenvalue weighted by molar-refractivity contribution is 7.89. The van der Waals surface area contributed by atoms with Crippen LogP contribution in [-0.4, -0.2) is 37.9 Å². The Hall–Kier alpha value is -2.70. The molecular weight excluding hydrogens is 454 g/mol. The van der Waals surface area contributed by atoms with E-state index in [0.29, 0.717) is 11.6 Å². The third kappa shape index (κ3) is 6.17. The first kappa shape index (κ1) is 24.0. The number of hydroxylamine groups is 1. The minimum absolute atomic E-state index is 0.0299. The quantitative estimate of drug-likeness (QED) is 0.495. The summed E-state index contributed by atoms with van der Waals surface area (Å²) in [6.07, 6.45) is -4.61. The van der Waals surface area contributed by atoms with Crippen LogP contribution in [0.5, 0.6) is 0 Å². The van der Waals surface area contributed by atoms with Crippen molar-refractivity contribution in [1.82, 2.24) is 15.1 Å². The van der Waals surface area contributed by atoms with Crippen LogP contribution in [-0.2, 0) is 27.6 Å². The predicted octanol–water partition coefficient (Wildman–Crippen LogP) is 3.43. The fourth-order valence-corrected chi connectivity index (χ4v) is 4.65. The molecule has 12 heteroatoms. The summed E-state index contributed by atoms with van der Waals surface area (Å²) in [6, 6.07) is 8.58. The third-order valence-corrected chi connectivity index (χ3v) is 6.78. The second-order valence-corrected chi connectivity index (χ2v) is 9.10. The van der Waals surface area contributed by atoms with Gasteiger partial charge in [-0.1, -0.05) is 18.2 Å². The maximum absolute atomic E-state index is 12.9. The number of benzene rings is 2. The third-order valence-electron chi connectivity index (χ3n) is 4.88. The zero-order chi connectivity index (χ0) is 23.4. The van der Waals surface area contributed by atoms with E-state index < -0.39 is 38.8 Å². The van der Waals surface area contributed by atoms with E-state index in [2.05, 4.69) is 10.8 Å². The largest absolute Gasteiger partial charge is 0.416 e. The monoisotopic (exact) mass is 475 g/mol. The van der Waals surface area contributed by atoms with E-state index in [1.54, 1.807) is 0 Å². The molecule has 2 amide bonds. The second kappa shape index (κ2) is 9.84. The molecule has 1 fully saturated rings. The van der Waals surface area contributed by atoms with Crippen molar-refractivity contribution in [1.29, 1.82) is 0 Å². The smallest absolute Gasteiger partial charge is 0.332 e. The Morgan fingerprint density at radius 1 is 1.09 bits per heavy atom. The van der Waals surface area contributed by atoms with Gasteiger partial charge in [-0.3, -0.25) is 4.84 Å². The number of hydrogen-bond acceptors (Lipinski definition) is 4. The lowest BCUT2D eigenvalue weighted by atomic mass is 10.1. The highest BCUT2D eigenvalue weighted by Crippen LogP contribution is 2.31. The Labute approximate surface area is 182 Å². The molecule has 2 aromatic carbocycles. The average molecular weight is 475 g/mol. The molecule has 32 heavy (non-hydrogen) atoms. The Balaban J connectivity index is 1.47. The molecule has 0 bridgehead atoms. The van der Waals surface area contributed by atoms with E-state index in [-0.39, 0.29) is 38.3 Å². The molecule has 2 N–H and O–H groups in total. The van der Waals surface area contributed by atoms with Crippen molar-refractivity contribution in [3.63, 3.8) is 0 Å². The van der Waals surface area contributed by atoms with E-state index >= 15 is 0 Å². The van der Waals surface area contributed by atoms with Gasteiger partial charge in [0, 0.05) is 19.6 Å². The molecule has 1 aliphatic heterocycles. The number of nitrogens with one attached hydrogen (secondary N) is 2. The molecule has 1 aliphatic rings. The molecule has 0 radical (unpaired) electrons. The van der Waals surface area contributed by atoms with Crippen LogP contribution in [0.1, 0.15) is 24.0 Å². The summed E-state index contributed by atoms with van der Waals surface area (Å²) in [4.78, 5) is 16.7. The molecule has 0 atom stereocenters. The number of rotatable bonds is 6. The molecule has 0 aromatic heterocycles. The predicted molar refractivity (Wildman–Crippen MR) is 106 cm³/mol. The summed E-state index contributed by atoms with van der Waals surface area (Å²) in [5, 5.41) is 2.53. The number of sulfonamides is 1. The van der Waals surface area contributed by atoms with Crippen LogP contribution in [0.2, 0.25) is 0 Å². The van der Waals surface area contributed by atoms with Gasteiger partial charge in [0.15, 0.2) is 0 Å². The first-order chi connectivity index (χ1) is 15.1. The van der Waals surface area contributed by atoms with Crippen LogP contribution >= 0.6 is 0 Å². The summed E-state index contributed by atoms with van der Waals surface area (Å²) in [5.41, 5.74) is 1.88. The number of amides is 2. The highest BCUT2D eigenvalue weighted by Gasteiger charge is 2.34. The first-order valence-corrected chi connectivity index (χ1v) is 11.1. The fraction of sp³-hybridized carbons (Fsp3) is 0.350. The molecule has 174 valence electrons. The van der Waals surface area contributed by atoms with Crippen molar-refractivity contribution < 1.29 is 35.6 Å². The van der Waals surface area contributed by atoms with Gasteiger partial charge in [0.2, 0.25) is 10.0 Å². The van der Waals surface area contributed by atoms with Crippen molar-refractivity contribution in [3.05, 3.63) is 65.5 Å². The van der Waals surface area contributed by atoms with E-state index in [1.807, 2.05) is 0 Å². The Bertz CT molecular complexity index is 1040. The van der Waals surface area contributed by atoms with E-state index in [9.17, 15) is 30.8 Å². The first-order valence-electron chi connectivity index (χ1n) is 9.67. The minimum atomic E-state index is -4.64. The van der Waals surface area contributed by atoms with Gasteiger partial charge in [-0.05, 0) is 48.7 Å². The van der Waals surface area contributed by atoms with Gasteiger partial charge in [-0.25, -0.2) is 23.1 Å². The number of halogens is 4. The van der Waals surface area contributed by atoms with E-state index in [4.69, 9.17) is 4.84 Å². The standard InChI is InChI=1S/C20H21F4N3O4S/c21-16-6-4-14(5-7-16)13-25-19(28)26-31-17-8-10-27(11-9-17)32(29,30)18-3-1-2-15(12-18)20(22,23)24/h1-7,12,17H,8-11,13H2,(H2,25,26,28). The van der Waals surface area contributed by atoms with Gasteiger partial charge in [0.05, 0.1) is 16.6 Å². The fourth-order valence-electron chi connectivity index (χ4n) is 3.13. The number of carbonyl (C=O) groups excluding carboxylic acids is 1. The molecule has 7 nitrogen and oxygen atoms in total. The van der Waals surface area contributed by atoms with Gasteiger partial charge in [0.25, 0.3) is 0 Å². The molecule has 0 spiro atoms. The summed E-state index contributed by atoms with van der Waals surface area (Å²) in [5.74, 6) is -0.386. The van der Waals surface area contributed by atoms with Crippen LogP contribution < -0.4 is 10.8 Å². The number of hydrogen-bond donors (Lipinski definition) is 2. The van der Waals surface area contributed by atoms with Crippen LogP contribution in [0.3, 0.4) is 0 Å². The number of nitrogens with zero attached hydrogens (tertiary/aromatic N) is 1. The van der Waals surface area contributed by atoms with Crippen molar-refractivity contribution in [3.8, 4) is 0 Å². The lowest BCUT2D eigenvalue weighted by Crippen LogP contribution is -2.44. The summed E-state index contributed by atoms with van der Waals surface area (Å²) in [7, 11) is -4.09. The summed E-state index contributed by atoms with van der Waals surface area (Å²) in [6.45, 7) is 0.216. The van der Waals surface area contributed by atoms with Gasteiger partial charge >= 0.3 is 12.2 Å². The molecule has 1 heterocycles. The second-order valence-electron chi connectivity index (χ2n) is 7.16. The van der Waals surface area contributed by atoms with Crippen LogP contribution in [0.15, 0.2) is 53.4 Å². The van der Waals surface area contributed by atoms with Crippen LogP contribution in [0, 0.1) is 5.82 Å². The van der Waals surface area contributed by atoms with E-state index in [0.717, 1.165) is 22.5 Å². The van der Waals surface area contributed by atoms with E-state index in [1.165, 1.54) is 24.3 Å². The van der Waals surface area contributed by atoms with Gasteiger partial charge in [0.1, 0.15) is 5.82 Å². The normalized spacial score (nSPS) is 16.0.